The normalized spacial score (nSPS) is 16.9. The number of ether oxygens (including phenoxy) is 1. The molecule has 2 aromatic rings. The number of nitrogens with one attached hydrogen (secondary N) is 3. The van der Waals surface area contributed by atoms with Crippen LogP contribution < -0.4 is 10.6 Å². The van der Waals surface area contributed by atoms with Gasteiger partial charge in [0, 0.05) is 48.1 Å². The van der Waals surface area contributed by atoms with Crippen LogP contribution in [0.3, 0.4) is 0 Å². The minimum absolute atomic E-state index is 0.114. The van der Waals surface area contributed by atoms with Gasteiger partial charge in [-0.05, 0) is 122 Å². The molecule has 0 unspecified atom stereocenters. The molecule has 0 spiro atoms. The molecule has 8 heteroatoms. The predicted molar refractivity (Wildman–Crippen MR) is 181 cm³/mol. The number of carbonyl (C=O) groups is 1. The molecule has 3 N–H and O–H groups in total. The van der Waals surface area contributed by atoms with Crippen LogP contribution in [-0.4, -0.2) is 52.2 Å². The highest BCUT2D eigenvalue weighted by atomic mass is 32.1. The SMILES string of the molecule is CCCCC1=C(/C(CNC(=O)Nc2sc3c(c2C(=N)OC(C)(C)C)CCCC3)=C(\C)n2cccc2)CCN(C(C)(C)C)C1. The predicted octanol–water partition coefficient (Wildman–Crippen LogP) is 8.61. The van der Waals surface area contributed by atoms with Crippen molar-refractivity contribution in [2.45, 2.75) is 118 Å². The topological polar surface area (TPSA) is 82.4 Å². The summed E-state index contributed by atoms with van der Waals surface area (Å²) in [5.41, 5.74) is 6.78. The van der Waals surface area contributed by atoms with Crippen molar-refractivity contribution in [3.63, 3.8) is 0 Å². The number of carbonyl (C=O) groups excluding carboxylic acids is 1. The largest absolute Gasteiger partial charge is 0.472 e. The zero-order valence-electron chi connectivity index (χ0n) is 27.7. The fourth-order valence-corrected chi connectivity index (χ4v) is 7.40. The number of hydrogen-bond donors (Lipinski definition) is 3. The Kier molecular flexibility index (Phi) is 10.7. The van der Waals surface area contributed by atoms with Crippen molar-refractivity contribution in [1.82, 2.24) is 14.8 Å². The second-order valence-corrected chi connectivity index (χ2v) is 15.1. The van der Waals surface area contributed by atoms with Crippen LogP contribution in [0.2, 0.25) is 0 Å². The zero-order valence-corrected chi connectivity index (χ0v) is 28.5. The van der Waals surface area contributed by atoms with Gasteiger partial charge in [-0.3, -0.25) is 15.6 Å². The van der Waals surface area contributed by atoms with Gasteiger partial charge in [-0.2, -0.15) is 0 Å². The zero-order chi connectivity index (χ0) is 31.4. The Morgan fingerprint density at radius 1 is 1.07 bits per heavy atom. The highest BCUT2D eigenvalue weighted by Crippen LogP contribution is 2.39. The van der Waals surface area contributed by atoms with Crippen molar-refractivity contribution in [2.24, 2.45) is 0 Å². The van der Waals surface area contributed by atoms with E-state index in [1.807, 2.05) is 32.9 Å². The Hall–Kier alpha value is -2.84. The number of allylic oxidation sites excluding steroid dienone is 1. The van der Waals surface area contributed by atoms with Crippen molar-refractivity contribution in [2.75, 3.05) is 25.0 Å². The summed E-state index contributed by atoms with van der Waals surface area (Å²) in [6, 6.07) is 3.85. The Balaban J connectivity index is 1.62. The summed E-state index contributed by atoms with van der Waals surface area (Å²) in [5, 5.41) is 15.9. The second-order valence-electron chi connectivity index (χ2n) is 13.9. The minimum atomic E-state index is -0.485. The molecule has 0 saturated heterocycles. The van der Waals surface area contributed by atoms with Crippen LogP contribution in [0.25, 0.3) is 5.70 Å². The van der Waals surface area contributed by atoms with E-state index in [2.05, 4.69) is 67.1 Å². The molecule has 0 aromatic carbocycles. The molecule has 1 aliphatic carbocycles. The van der Waals surface area contributed by atoms with Crippen LogP contribution in [0.5, 0.6) is 0 Å². The first-order valence-corrected chi connectivity index (χ1v) is 16.9. The van der Waals surface area contributed by atoms with Crippen molar-refractivity contribution < 1.29 is 9.53 Å². The number of rotatable bonds is 9. The summed E-state index contributed by atoms with van der Waals surface area (Å²) >= 11 is 1.60. The van der Waals surface area contributed by atoms with Crippen LogP contribution in [-0.2, 0) is 17.6 Å². The van der Waals surface area contributed by atoms with Crippen LogP contribution in [0.15, 0.2) is 41.2 Å². The highest BCUT2D eigenvalue weighted by Gasteiger charge is 2.30. The molecule has 3 heterocycles. The van der Waals surface area contributed by atoms with Crippen molar-refractivity contribution >= 4 is 34.0 Å². The molecular formula is C35H53N5O2S. The summed E-state index contributed by atoms with van der Waals surface area (Å²) in [7, 11) is 0. The highest BCUT2D eigenvalue weighted by molar-refractivity contribution is 7.17. The first-order chi connectivity index (χ1) is 20.3. The standard InChI is InChI=1S/C35H53N5O2S/c1-9-10-15-25-23-40(34(3,4)5)21-18-26(25)28(24(2)39-19-13-14-20-39)22-37-33(41)38-32-30(31(36)42-35(6,7)8)27-16-11-12-17-29(27)43-32/h13-14,19-20,36H,9-12,15-18,21-23H2,1-8H3,(H2,37,38,41)/b28-24+,36-31?. The van der Waals surface area contributed by atoms with Crippen LogP contribution in [0.1, 0.15) is 110 Å². The Labute approximate surface area is 263 Å². The molecule has 0 fully saturated rings. The molecule has 0 saturated carbocycles. The van der Waals surface area contributed by atoms with Crippen molar-refractivity contribution in [3.8, 4) is 0 Å². The molecule has 7 nitrogen and oxygen atoms in total. The average molecular weight is 608 g/mol. The van der Waals surface area contributed by atoms with Crippen LogP contribution in [0.4, 0.5) is 9.80 Å². The quantitative estimate of drug-likeness (QED) is 0.197. The van der Waals surface area contributed by atoms with Crippen molar-refractivity contribution in [3.05, 3.63) is 57.2 Å². The summed E-state index contributed by atoms with van der Waals surface area (Å²) in [6.07, 6.45) is 12.7. The fourth-order valence-electron chi connectivity index (χ4n) is 6.12. The molecule has 0 atom stereocenters. The molecule has 4 rings (SSSR count). The van der Waals surface area contributed by atoms with Gasteiger partial charge >= 0.3 is 6.03 Å². The van der Waals surface area contributed by atoms with Crippen LogP contribution >= 0.6 is 11.3 Å². The second kappa shape index (κ2) is 13.9. The van der Waals surface area contributed by atoms with E-state index in [4.69, 9.17) is 10.1 Å². The van der Waals surface area contributed by atoms with Gasteiger partial charge in [0.2, 0.25) is 5.90 Å². The maximum Gasteiger partial charge on any atom is 0.320 e. The number of urea groups is 1. The number of hydrogen-bond acceptors (Lipinski definition) is 5. The third-order valence-corrected chi connectivity index (χ3v) is 9.68. The maximum atomic E-state index is 13.5. The molecule has 2 aromatic heterocycles. The van der Waals surface area contributed by atoms with Gasteiger partial charge in [0.25, 0.3) is 0 Å². The van der Waals surface area contributed by atoms with E-state index in [1.54, 1.807) is 11.3 Å². The lowest BCUT2D eigenvalue weighted by molar-refractivity contribution is 0.116. The van der Waals surface area contributed by atoms with E-state index < -0.39 is 5.60 Å². The van der Waals surface area contributed by atoms with Crippen molar-refractivity contribution in [1.29, 1.82) is 5.41 Å². The number of nitrogens with zero attached hydrogens (tertiary/aromatic N) is 2. The lowest BCUT2D eigenvalue weighted by Crippen LogP contribution is -2.45. The van der Waals surface area contributed by atoms with Gasteiger partial charge in [-0.15, -0.1) is 11.3 Å². The first kappa shape index (κ1) is 33.1. The lowest BCUT2D eigenvalue weighted by Gasteiger charge is -2.41. The maximum absolute atomic E-state index is 13.5. The van der Waals surface area contributed by atoms with Crippen LogP contribution in [0, 0.1) is 5.41 Å². The number of amides is 2. The summed E-state index contributed by atoms with van der Waals surface area (Å²) in [4.78, 5) is 17.4. The molecule has 2 amide bonds. The molecule has 2 aliphatic rings. The first-order valence-electron chi connectivity index (χ1n) is 16.0. The summed E-state index contributed by atoms with van der Waals surface area (Å²) in [5.74, 6) is 0.141. The molecule has 0 radical (unpaired) electrons. The van der Waals surface area contributed by atoms with Gasteiger partial charge < -0.3 is 14.6 Å². The number of anilines is 1. The van der Waals surface area contributed by atoms with E-state index in [0.717, 1.165) is 75.7 Å². The lowest BCUT2D eigenvalue weighted by atomic mass is 9.87. The third kappa shape index (κ3) is 8.42. The molecule has 0 bridgehead atoms. The molecule has 1 aliphatic heterocycles. The van der Waals surface area contributed by atoms with E-state index in [1.165, 1.54) is 27.2 Å². The number of unbranched alkanes of at least 4 members (excludes halogenated alkanes) is 1. The number of aromatic nitrogens is 1. The van der Waals surface area contributed by atoms with E-state index >= 15 is 0 Å². The number of aryl methyl sites for hydroxylation is 1. The summed E-state index contributed by atoms with van der Waals surface area (Å²) < 4.78 is 8.15. The molecule has 236 valence electrons. The van der Waals surface area contributed by atoms with Gasteiger partial charge in [-0.1, -0.05) is 18.9 Å². The molecule has 43 heavy (non-hydrogen) atoms. The van der Waals surface area contributed by atoms with Gasteiger partial charge in [0.1, 0.15) is 10.6 Å². The Morgan fingerprint density at radius 2 is 1.77 bits per heavy atom. The third-order valence-electron chi connectivity index (χ3n) is 8.47. The van der Waals surface area contributed by atoms with Gasteiger partial charge in [0.15, 0.2) is 0 Å². The molecular weight excluding hydrogens is 554 g/mol. The average Bonchev–Trinajstić information content (AvgIpc) is 3.59. The minimum Gasteiger partial charge on any atom is -0.472 e. The number of thiophene rings is 1. The van der Waals surface area contributed by atoms with Gasteiger partial charge in [-0.25, -0.2) is 4.79 Å². The smallest absolute Gasteiger partial charge is 0.320 e. The Bertz CT molecular complexity index is 1350. The number of fused-ring (bicyclic) bond motifs is 1. The van der Waals surface area contributed by atoms with E-state index in [-0.39, 0.29) is 17.5 Å². The Morgan fingerprint density at radius 3 is 2.42 bits per heavy atom. The monoisotopic (exact) mass is 607 g/mol. The van der Waals surface area contributed by atoms with E-state index in [0.29, 0.717) is 11.5 Å². The van der Waals surface area contributed by atoms with E-state index in [9.17, 15) is 4.79 Å². The summed E-state index contributed by atoms with van der Waals surface area (Å²) in [6.45, 7) is 19.6. The van der Waals surface area contributed by atoms with Gasteiger partial charge in [0.05, 0.1) is 5.56 Å². The fraction of sp³-hybridized carbons (Fsp3) is 0.600.